The maximum absolute atomic E-state index is 14.1. The lowest BCUT2D eigenvalue weighted by Gasteiger charge is -2.33. The molecule has 0 spiro atoms. The quantitative estimate of drug-likeness (QED) is 0.342. The van der Waals surface area contributed by atoms with Crippen molar-refractivity contribution in [2.45, 2.75) is 82.3 Å². The van der Waals surface area contributed by atoms with Crippen LogP contribution >= 0.6 is 11.8 Å². The van der Waals surface area contributed by atoms with Crippen molar-refractivity contribution in [3.05, 3.63) is 35.0 Å². The molecule has 3 aliphatic rings. The number of aliphatic hydroxyl groups is 1. The largest absolute Gasteiger partial charge is 0.417 e. The molecule has 262 valence electrons. The highest BCUT2D eigenvalue weighted by atomic mass is 32.2. The van der Waals surface area contributed by atoms with Crippen molar-refractivity contribution in [1.29, 1.82) is 0 Å². The highest BCUT2D eigenvalue weighted by Crippen LogP contribution is 2.40. The second-order valence-corrected chi connectivity index (χ2v) is 16.4. The Labute approximate surface area is 280 Å². The average Bonchev–Trinajstić information content (AvgIpc) is 3.35. The molecule has 3 aliphatic heterocycles. The molecule has 0 aliphatic carbocycles. The van der Waals surface area contributed by atoms with Gasteiger partial charge in [-0.2, -0.15) is 22.6 Å². The molecule has 1 aromatic heterocycles. The number of fused-ring (bicyclic) bond motifs is 1. The van der Waals surface area contributed by atoms with Crippen LogP contribution in [0.5, 0.6) is 0 Å². The fourth-order valence-corrected chi connectivity index (χ4v) is 8.73. The van der Waals surface area contributed by atoms with Gasteiger partial charge in [-0.25, -0.2) is 8.42 Å². The first kappa shape index (κ1) is 36.1. The Kier molecular flexibility index (Phi) is 11.6. The molecule has 1 unspecified atom stereocenters. The van der Waals surface area contributed by atoms with E-state index in [1.807, 2.05) is 0 Å². The first-order valence-corrected chi connectivity index (χ1v) is 19.3. The maximum Gasteiger partial charge on any atom is 0.417 e. The fraction of sp³-hybridized carbons (Fsp3) is 0.688. The molecular weight excluding hydrogens is 654 g/mol. The van der Waals surface area contributed by atoms with Gasteiger partial charge in [-0.15, -0.1) is 11.8 Å². The summed E-state index contributed by atoms with van der Waals surface area (Å²) in [5, 5.41) is 18.9. The number of rotatable bonds is 11. The average molecular weight is 701 g/mol. The summed E-state index contributed by atoms with van der Waals surface area (Å²) in [5.41, 5.74) is 1.69. The highest BCUT2D eigenvalue weighted by Gasteiger charge is 2.35. The summed E-state index contributed by atoms with van der Waals surface area (Å²) >= 11 is 1.19. The van der Waals surface area contributed by atoms with Crippen molar-refractivity contribution in [2.75, 3.05) is 57.8 Å². The van der Waals surface area contributed by atoms with Crippen molar-refractivity contribution < 1.29 is 31.5 Å². The van der Waals surface area contributed by atoms with Crippen LogP contribution in [-0.4, -0.2) is 113 Å². The number of β-amino-alcohol motifs (C(OH)–C–C–N with tert-alkyl or cyclic N) is 1. The monoisotopic (exact) mass is 700 g/mol. The van der Waals surface area contributed by atoms with Gasteiger partial charge in [0.05, 0.1) is 30.2 Å². The van der Waals surface area contributed by atoms with Gasteiger partial charge in [-0.3, -0.25) is 9.48 Å². The van der Waals surface area contributed by atoms with E-state index in [-0.39, 0.29) is 36.5 Å². The first-order valence-electron chi connectivity index (χ1n) is 16.5. The number of alkyl halides is 3. The first-order chi connectivity index (χ1) is 22.2. The Morgan fingerprint density at radius 2 is 1.77 bits per heavy atom. The van der Waals surface area contributed by atoms with E-state index in [0.29, 0.717) is 48.0 Å². The molecule has 0 radical (unpaired) electrons. The van der Waals surface area contributed by atoms with E-state index in [1.165, 1.54) is 35.1 Å². The van der Waals surface area contributed by atoms with Gasteiger partial charge >= 0.3 is 6.18 Å². The number of aliphatic hydroxyl groups excluding tert-OH is 1. The van der Waals surface area contributed by atoms with Gasteiger partial charge in [-0.1, -0.05) is 13.0 Å². The van der Waals surface area contributed by atoms with Crippen molar-refractivity contribution in [3.63, 3.8) is 0 Å². The van der Waals surface area contributed by atoms with Crippen LogP contribution in [0.3, 0.4) is 0 Å². The van der Waals surface area contributed by atoms with Crippen LogP contribution < -0.4 is 5.32 Å². The molecule has 2 aromatic rings. The number of nitrogens with one attached hydrogen (secondary N) is 1. The summed E-state index contributed by atoms with van der Waals surface area (Å²) < 4.78 is 70.4. The molecule has 1 atom stereocenters. The topological polar surface area (TPSA) is 111 Å². The van der Waals surface area contributed by atoms with Gasteiger partial charge in [-0.05, 0) is 56.8 Å². The smallest absolute Gasteiger partial charge is 0.390 e. The number of likely N-dealkylation sites (tertiary alicyclic amines) is 2. The molecule has 15 heteroatoms. The summed E-state index contributed by atoms with van der Waals surface area (Å²) in [6.45, 7) is 8.70. The van der Waals surface area contributed by atoms with Crippen LogP contribution in [0.2, 0.25) is 0 Å². The number of hydrogen-bond acceptors (Lipinski definition) is 8. The Morgan fingerprint density at radius 1 is 1.09 bits per heavy atom. The van der Waals surface area contributed by atoms with Crippen LogP contribution in [0.15, 0.2) is 23.1 Å². The number of amides is 1. The van der Waals surface area contributed by atoms with Crippen LogP contribution in [0.25, 0.3) is 11.3 Å². The number of hydrogen-bond donors (Lipinski definition) is 2. The normalized spacial score (nSPS) is 20.3. The third-order valence-corrected chi connectivity index (χ3v) is 11.8. The Bertz CT molecular complexity index is 1500. The Balaban J connectivity index is 1.37. The number of thioether (sulfide) groups is 1. The van der Waals surface area contributed by atoms with Gasteiger partial charge in [0.15, 0.2) is 0 Å². The minimum absolute atomic E-state index is 0.0527. The molecule has 2 N–H and O–H groups in total. The molecule has 1 amide bonds. The number of piperidine rings is 2. The third-order valence-electron chi connectivity index (χ3n) is 9.52. The molecule has 5 rings (SSSR count). The third kappa shape index (κ3) is 9.50. The lowest BCUT2D eigenvalue weighted by atomic mass is 9.99. The molecular formula is C32H47F3N6O4S2. The number of nitrogens with zero attached hydrogens (tertiary/aromatic N) is 5. The van der Waals surface area contributed by atoms with Crippen LogP contribution in [0.4, 0.5) is 13.2 Å². The zero-order valence-corrected chi connectivity index (χ0v) is 29.1. The summed E-state index contributed by atoms with van der Waals surface area (Å²) in [7, 11) is -3.52. The number of carbonyl (C=O) groups excluding carboxylic acids is 1. The zero-order chi connectivity index (χ0) is 33.9. The maximum atomic E-state index is 14.1. The zero-order valence-electron chi connectivity index (χ0n) is 27.4. The van der Waals surface area contributed by atoms with Crippen molar-refractivity contribution >= 4 is 27.7 Å². The molecule has 47 heavy (non-hydrogen) atoms. The number of benzene rings is 1. The SMILES string of the molecule is CC(=O)NC1CCN(CC(O)Cn2nc(-c3ccc(C(F)(F)F)c(SCCN4CCC(C)CC4)c3)c3c2CCN(S(C)(=O)=O)C3)CC1. The highest BCUT2D eigenvalue weighted by molar-refractivity contribution is 7.99. The fourth-order valence-electron chi connectivity index (χ4n) is 6.83. The Morgan fingerprint density at radius 3 is 2.40 bits per heavy atom. The molecule has 4 heterocycles. The van der Waals surface area contributed by atoms with E-state index in [4.69, 9.17) is 5.10 Å². The number of carbonyl (C=O) groups is 1. The molecule has 1 aromatic carbocycles. The minimum Gasteiger partial charge on any atom is -0.390 e. The molecule has 0 saturated carbocycles. The van der Waals surface area contributed by atoms with Gasteiger partial charge in [0.25, 0.3) is 0 Å². The van der Waals surface area contributed by atoms with E-state index in [0.717, 1.165) is 69.9 Å². The van der Waals surface area contributed by atoms with E-state index in [2.05, 4.69) is 22.0 Å². The Hall–Kier alpha value is -2.17. The predicted molar refractivity (Wildman–Crippen MR) is 176 cm³/mol. The summed E-state index contributed by atoms with van der Waals surface area (Å²) in [4.78, 5) is 16.0. The lowest BCUT2D eigenvalue weighted by Crippen LogP contribution is -2.46. The van der Waals surface area contributed by atoms with E-state index in [1.54, 1.807) is 4.68 Å². The van der Waals surface area contributed by atoms with Crippen LogP contribution in [0, 0.1) is 5.92 Å². The number of sulfonamides is 1. The minimum atomic E-state index is -4.52. The summed E-state index contributed by atoms with van der Waals surface area (Å²) in [5.74, 6) is 1.14. The van der Waals surface area contributed by atoms with Crippen molar-refractivity contribution in [1.82, 2.24) is 29.2 Å². The van der Waals surface area contributed by atoms with E-state index >= 15 is 0 Å². The van der Waals surface area contributed by atoms with Crippen molar-refractivity contribution in [3.8, 4) is 11.3 Å². The van der Waals surface area contributed by atoms with E-state index < -0.39 is 27.9 Å². The lowest BCUT2D eigenvalue weighted by molar-refractivity contribution is -0.139. The van der Waals surface area contributed by atoms with Gasteiger partial charge < -0.3 is 20.2 Å². The molecule has 0 bridgehead atoms. The number of halogens is 3. The predicted octanol–water partition coefficient (Wildman–Crippen LogP) is 3.67. The number of aromatic nitrogens is 2. The standard InChI is InChI=1S/C32H47F3N6O4S2/c1-22-6-11-38(12-7-22)16-17-46-30-18-24(4-5-28(30)32(33,34)35)31-27-21-40(47(3,44)45)15-10-29(27)41(37-31)20-26(43)19-39-13-8-25(9-14-39)36-23(2)42/h4-5,18,22,25-26,43H,6-17,19-21H2,1-3H3,(H,36,42). The van der Waals surface area contributed by atoms with Gasteiger partial charge in [0, 0.05) is 86.1 Å². The van der Waals surface area contributed by atoms with Gasteiger partial charge in [0.2, 0.25) is 15.9 Å². The molecule has 10 nitrogen and oxygen atoms in total. The molecule has 2 fully saturated rings. The van der Waals surface area contributed by atoms with Crippen LogP contribution in [-0.2, 0) is 40.5 Å². The second-order valence-electron chi connectivity index (χ2n) is 13.3. The van der Waals surface area contributed by atoms with Crippen LogP contribution in [0.1, 0.15) is 56.4 Å². The summed E-state index contributed by atoms with van der Waals surface area (Å²) in [6, 6.07) is 4.18. The van der Waals surface area contributed by atoms with Gasteiger partial charge in [0.1, 0.15) is 0 Å². The van der Waals surface area contributed by atoms with Crippen molar-refractivity contribution in [2.24, 2.45) is 5.92 Å². The second kappa shape index (κ2) is 15.2. The van der Waals surface area contributed by atoms with E-state index in [9.17, 15) is 31.5 Å². The summed E-state index contributed by atoms with van der Waals surface area (Å²) in [6.07, 6.45) is 0.0106. The molecule has 2 saturated heterocycles.